The minimum atomic E-state index is -0.486. The van der Waals surface area contributed by atoms with E-state index >= 15 is 0 Å². The number of hydrogen-bond acceptors (Lipinski definition) is 4. The molecule has 0 aliphatic carbocycles. The Balaban J connectivity index is 2.12. The van der Waals surface area contributed by atoms with E-state index in [2.05, 4.69) is 21.2 Å². The Morgan fingerprint density at radius 2 is 1.96 bits per heavy atom. The number of hydrogen-bond donors (Lipinski definition) is 1. The van der Waals surface area contributed by atoms with Gasteiger partial charge in [0.05, 0.1) is 0 Å². The average Bonchev–Trinajstić information content (AvgIpc) is 2.58. The van der Waals surface area contributed by atoms with E-state index in [1.807, 2.05) is 18.2 Å². The molecule has 0 saturated carbocycles. The first-order valence-electron chi connectivity index (χ1n) is 6.91. The number of nitriles is 2. The summed E-state index contributed by atoms with van der Waals surface area (Å²) in [4.78, 5) is 12.2. The minimum absolute atomic E-state index is 0.0133. The van der Waals surface area contributed by atoms with E-state index in [0.29, 0.717) is 17.0 Å². The van der Waals surface area contributed by atoms with Crippen LogP contribution in [0.1, 0.15) is 5.56 Å². The highest BCUT2D eigenvalue weighted by molar-refractivity contribution is 9.10. The van der Waals surface area contributed by atoms with E-state index in [0.717, 1.165) is 4.47 Å². The molecule has 0 unspecified atom stereocenters. The Morgan fingerprint density at radius 3 is 2.58 bits per heavy atom. The van der Waals surface area contributed by atoms with E-state index in [9.17, 15) is 10.1 Å². The molecule has 0 atom stereocenters. The molecule has 0 fully saturated rings. The highest BCUT2D eigenvalue weighted by atomic mass is 79.9. The van der Waals surface area contributed by atoms with Crippen molar-refractivity contribution in [1.82, 2.24) is 0 Å². The molecule has 0 radical (unpaired) electrons. The quantitative estimate of drug-likeness (QED) is 0.628. The van der Waals surface area contributed by atoms with Gasteiger partial charge in [0.2, 0.25) is 0 Å². The van der Waals surface area contributed by atoms with E-state index in [1.165, 1.54) is 6.08 Å². The maximum atomic E-state index is 12.2. The molecular formula is C18H12BrN3O2. The number of anilines is 1. The Bertz CT molecular complexity index is 846. The molecule has 6 heteroatoms. The molecule has 1 amide bonds. The molecule has 0 aliphatic rings. The average molecular weight is 382 g/mol. The summed E-state index contributed by atoms with van der Waals surface area (Å²) in [6, 6.07) is 17.6. The summed E-state index contributed by atoms with van der Waals surface area (Å²) < 4.78 is 5.98. The Morgan fingerprint density at radius 1 is 1.21 bits per heavy atom. The van der Waals surface area contributed by atoms with E-state index in [1.54, 1.807) is 42.5 Å². The maximum absolute atomic E-state index is 12.2. The number of benzene rings is 2. The van der Waals surface area contributed by atoms with Crippen LogP contribution in [0.4, 0.5) is 5.69 Å². The van der Waals surface area contributed by atoms with Gasteiger partial charge in [-0.2, -0.15) is 10.5 Å². The number of rotatable bonds is 5. The van der Waals surface area contributed by atoms with Gasteiger partial charge in [-0.1, -0.05) is 34.1 Å². The molecule has 0 saturated heterocycles. The van der Waals surface area contributed by atoms with Gasteiger partial charge in [-0.05, 0) is 42.0 Å². The van der Waals surface area contributed by atoms with E-state index < -0.39 is 5.91 Å². The first-order valence-corrected chi connectivity index (χ1v) is 7.70. The zero-order chi connectivity index (χ0) is 17.4. The Hall–Kier alpha value is -3.09. The van der Waals surface area contributed by atoms with Crippen molar-refractivity contribution >= 4 is 33.6 Å². The van der Waals surface area contributed by atoms with Gasteiger partial charge in [0, 0.05) is 10.2 Å². The fourth-order valence-electron chi connectivity index (χ4n) is 1.86. The standard InChI is InChI=1S/C18H12BrN3O2/c19-15-2-1-3-16(11-15)22-18(23)14(12-21)10-13-4-6-17(7-5-13)24-9-8-20/h1-7,10-11H,9H2,(H,22,23)/b14-10-. The number of halogens is 1. The predicted molar refractivity (Wildman–Crippen MR) is 93.9 cm³/mol. The van der Waals surface area contributed by atoms with Crippen LogP contribution in [0.15, 0.2) is 58.6 Å². The van der Waals surface area contributed by atoms with Crippen molar-refractivity contribution < 1.29 is 9.53 Å². The Labute approximate surface area is 147 Å². The Kier molecular flexibility index (Phi) is 6.13. The van der Waals surface area contributed by atoms with Crippen LogP contribution >= 0.6 is 15.9 Å². The van der Waals surface area contributed by atoms with Crippen molar-refractivity contribution in [2.75, 3.05) is 11.9 Å². The molecule has 2 aromatic rings. The lowest BCUT2D eigenvalue weighted by atomic mass is 10.1. The highest BCUT2D eigenvalue weighted by Gasteiger charge is 2.09. The summed E-state index contributed by atoms with van der Waals surface area (Å²) in [6.45, 7) is -0.0341. The normalized spacial score (nSPS) is 10.4. The summed E-state index contributed by atoms with van der Waals surface area (Å²) in [5, 5.41) is 20.3. The van der Waals surface area contributed by atoms with Crippen LogP contribution in [0, 0.1) is 22.7 Å². The van der Waals surface area contributed by atoms with Gasteiger partial charge < -0.3 is 10.1 Å². The van der Waals surface area contributed by atoms with E-state index in [-0.39, 0.29) is 12.2 Å². The van der Waals surface area contributed by atoms with Crippen molar-refractivity contribution in [3.8, 4) is 17.9 Å². The highest BCUT2D eigenvalue weighted by Crippen LogP contribution is 2.18. The van der Waals surface area contributed by atoms with Gasteiger partial charge in [0.25, 0.3) is 5.91 Å². The van der Waals surface area contributed by atoms with Gasteiger partial charge in [0.1, 0.15) is 23.5 Å². The van der Waals surface area contributed by atoms with Crippen LogP contribution in [0.2, 0.25) is 0 Å². The first kappa shape index (κ1) is 17.3. The molecule has 0 aliphatic heterocycles. The fourth-order valence-corrected chi connectivity index (χ4v) is 2.26. The number of nitrogens with one attached hydrogen (secondary N) is 1. The monoisotopic (exact) mass is 381 g/mol. The second-order valence-corrected chi connectivity index (χ2v) is 5.57. The van der Waals surface area contributed by atoms with E-state index in [4.69, 9.17) is 10.00 Å². The molecule has 1 N–H and O–H groups in total. The smallest absolute Gasteiger partial charge is 0.266 e. The number of amides is 1. The topological polar surface area (TPSA) is 85.9 Å². The predicted octanol–water partition coefficient (Wildman–Crippen LogP) is 3.90. The number of carbonyl (C=O) groups excluding carboxylic acids is 1. The third kappa shape index (κ3) is 4.98. The van der Waals surface area contributed by atoms with Crippen LogP contribution in [-0.4, -0.2) is 12.5 Å². The zero-order valence-electron chi connectivity index (χ0n) is 12.5. The number of ether oxygens (including phenoxy) is 1. The summed E-state index contributed by atoms with van der Waals surface area (Å²) in [5.41, 5.74) is 1.26. The first-order chi connectivity index (χ1) is 11.6. The van der Waals surface area contributed by atoms with Crippen LogP contribution in [0.5, 0.6) is 5.75 Å². The van der Waals surface area contributed by atoms with Gasteiger partial charge in [-0.3, -0.25) is 4.79 Å². The summed E-state index contributed by atoms with van der Waals surface area (Å²) in [7, 11) is 0. The second kappa shape index (κ2) is 8.52. The molecule has 0 aromatic heterocycles. The van der Waals surface area contributed by atoms with Crippen LogP contribution in [0.25, 0.3) is 6.08 Å². The summed E-state index contributed by atoms with van der Waals surface area (Å²) >= 11 is 3.32. The second-order valence-electron chi connectivity index (χ2n) is 4.65. The molecule has 24 heavy (non-hydrogen) atoms. The molecule has 0 heterocycles. The lowest BCUT2D eigenvalue weighted by molar-refractivity contribution is -0.112. The van der Waals surface area contributed by atoms with Gasteiger partial charge in [-0.25, -0.2) is 0 Å². The van der Waals surface area contributed by atoms with Crippen LogP contribution in [-0.2, 0) is 4.79 Å². The van der Waals surface area contributed by atoms with Crippen molar-refractivity contribution in [3.05, 3.63) is 64.1 Å². The van der Waals surface area contributed by atoms with Crippen molar-refractivity contribution in [2.45, 2.75) is 0 Å². The van der Waals surface area contributed by atoms with Gasteiger partial charge in [0.15, 0.2) is 6.61 Å². The SMILES string of the molecule is N#CCOc1ccc(/C=C(/C#N)C(=O)Nc2cccc(Br)c2)cc1. The third-order valence-electron chi connectivity index (χ3n) is 2.94. The summed E-state index contributed by atoms with van der Waals surface area (Å²) in [5.74, 6) is 0.0613. The molecular weight excluding hydrogens is 370 g/mol. The third-order valence-corrected chi connectivity index (χ3v) is 3.44. The number of nitrogens with zero attached hydrogens (tertiary/aromatic N) is 2. The van der Waals surface area contributed by atoms with Gasteiger partial charge in [-0.15, -0.1) is 0 Å². The molecule has 2 rings (SSSR count). The molecule has 0 spiro atoms. The summed E-state index contributed by atoms with van der Waals surface area (Å²) in [6.07, 6.45) is 1.49. The molecule has 118 valence electrons. The zero-order valence-corrected chi connectivity index (χ0v) is 14.1. The van der Waals surface area contributed by atoms with Crippen molar-refractivity contribution in [2.24, 2.45) is 0 Å². The molecule has 2 aromatic carbocycles. The minimum Gasteiger partial charge on any atom is -0.479 e. The molecule has 0 bridgehead atoms. The lowest BCUT2D eigenvalue weighted by Crippen LogP contribution is -2.13. The lowest BCUT2D eigenvalue weighted by Gasteiger charge is -2.05. The van der Waals surface area contributed by atoms with Crippen LogP contribution < -0.4 is 10.1 Å². The molecule has 5 nitrogen and oxygen atoms in total. The largest absolute Gasteiger partial charge is 0.479 e. The maximum Gasteiger partial charge on any atom is 0.266 e. The van der Waals surface area contributed by atoms with Crippen LogP contribution in [0.3, 0.4) is 0 Å². The van der Waals surface area contributed by atoms with Gasteiger partial charge >= 0.3 is 0 Å². The fraction of sp³-hybridized carbons (Fsp3) is 0.0556. The van der Waals surface area contributed by atoms with Crippen molar-refractivity contribution in [1.29, 1.82) is 10.5 Å². The van der Waals surface area contributed by atoms with Crippen molar-refractivity contribution in [3.63, 3.8) is 0 Å². The number of carbonyl (C=O) groups is 1.